The lowest BCUT2D eigenvalue weighted by molar-refractivity contribution is 0.0939. The first-order valence-corrected chi connectivity index (χ1v) is 6.40. The van der Waals surface area contributed by atoms with Crippen molar-refractivity contribution in [3.8, 4) is 0 Å². The first-order chi connectivity index (χ1) is 8.06. The van der Waals surface area contributed by atoms with E-state index in [1.807, 2.05) is 18.2 Å². The zero-order valence-corrected chi connectivity index (χ0v) is 11.2. The molecule has 2 N–H and O–H groups in total. The van der Waals surface area contributed by atoms with Crippen LogP contribution in [-0.2, 0) is 6.54 Å². The third-order valence-electron chi connectivity index (χ3n) is 3.42. The number of hydrogen-bond acceptors (Lipinski definition) is 3. The van der Waals surface area contributed by atoms with E-state index in [0.29, 0.717) is 6.04 Å². The van der Waals surface area contributed by atoms with Gasteiger partial charge >= 0.3 is 0 Å². The van der Waals surface area contributed by atoms with E-state index in [9.17, 15) is 0 Å². The van der Waals surface area contributed by atoms with Crippen LogP contribution in [0.1, 0.15) is 12.5 Å². The van der Waals surface area contributed by atoms with Crippen LogP contribution >= 0.6 is 11.6 Å². The molecule has 0 amide bonds. The van der Waals surface area contributed by atoms with E-state index in [-0.39, 0.29) is 0 Å². The van der Waals surface area contributed by atoms with E-state index in [0.717, 1.165) is 42.5 Å². The fourth-order valence-corrected chi connectivity index (χ4v) is 2.57. The van der Waals surface area contributed by atoms with Crippen LogP contribution in [0.3, 0.4) is 0 Å². The summed E-state index contributed by atoms with van der Waals surface area (Å²) in [6, 6.07) is 6.35. The Morgan fingerprint density at radius 2 is 2.18 bits per heavy atom. The molecule has 94 valence electrons. The Hall–Kier alpha value is -0.770. The van der Waals surface area contributed by atoms with E-state index in [1.54, 1.807) is 0 Å². The fraction of sp³-hybridized carbons (Fsp3) is 0.538. The first kappa shape index (κ1) is 12.7. The number of anilines is 1. The quantitative estimate of drug-likeness (QED) is 0.819. The summed E-state index contributed by atoms with van der Waals surface area (Å²) >= 11 is 6.21. The molecule has 1 aliphatic rings. The molecule has 0 spiro atoms. The van der Waals surface area contributed by atoms with Crippen molar-refractivity contribution in [3.05, 3.63) is 28.8 Å². The predicted octanol–water partition coefficient (Wildman–Crippen LogP) is 2.06. The number of halogens is 1. The molecule has 1 atom stereocenters. The van der Waals surface area contributed by atoms with Crippen molar-refractivity contribution in [3.63, 3.8) is 0 Å². The highest BCUT2D eigenvalue weighted by atomic mass is 35.5. The Kier molecular flexibility index (Phi) is 3.92. The first-order valence-electron chi connectivity index (χ1n) is 6.03. The number of likely N-dealkylation sites (N-methyl/N-ethyl adjacent to an activating group) is 1. The molecule has 1 saturated heterocycles. The number of nitrogens with zero attached hydrogens (tertiary/aromatic N) is 2. The number of nitrogens with two attached hydrogens (primary N) is 1. The van der Waals surface area contributed by atoms with Gasteiger partial charge in [0.05, 0.1) is 0 Å². The fourth-order valence-electron chi connectivity index (χ4n) is 2.32. The summed E-state index contributed by atoms with van der Waals surface area (Å²) in [7, 11) is 2.17. The molecule has 1 heterocycles. The van der Waals surface area contributed by atoms with Gasteiger partial charge in [0.2, 0.25) is 0 Å². The second-order valence-electron chi connectivity index (χ2n) is 4.93. The van der Waals surface area contributed by atoms with Crippen LogP contribution in [0, 0.1) is 0 Å². The zero-order valence-electron chi connectivity index (χ0n) is 10.5. The number of nitrogen functional groups attached to an aromatic ring is 1. The van der Waals surface area contributed by atoms with Crippen molar-refractivity contribution < 1.29 is 0 Å². The van der Waals surface area contributed by atoms with Gasteiger partial charge in [-0.2, -0.15) is 0 Å². The Bertz CT molecular complexity index is 394. The van der Waals surface area contributed by atoms with Crippen molar-refractivity contribution in [2.24, 2.45) is 0 Å². The van der Waals surface area contributed by atoms with Crippen LogP contribution in [-0.4, -0.2) is 42.5 Å². The summed E-state index contributed by atoms with van der Waals surface area (Å²) < 4.78 is 0. The van der Waals surface area contributed by atoms with Crippen LogP contribution in [0.5, 0.6) is 0 Å². The van der Waals surface area contributed by atoms with Crippen molar-refractivity contribution in [2.75, 3.05) is 32.4 Å². The number of piperazine rings is 1. The number of rotatable bonds is 2. The smallest absolute Gasteiger partial charge is 0.0471 e. The molecule has 0 bridgehead atoms. The monoisotopic (exact) mass is 253 g/mol. The highest BCUT2D eigenvalue weighted by Crippen LogP contribution is 2.22. The summed E-state index contributed by atoms with van der Waals surface area (Å²) in [5, 5.41) is 0.774. The van der Waals surface area contributed by atoms with Gasteiger partial charge in [0.1, 0.15) is 0 Å². The van der Waals surface area contributed by atoms with E-state index < -0.39 is 0 Å². The van der Waals surface area contributed by atoms with Crippen molar-refractivity contribution in [2.45, 2.75) is 19.5 Å². The Balaban J connectivity index is 2.05. The third-order valence-corrected chi connectivity index (χ3v) is 3.77. The lowest BCUT2D eigenvalue weighted by atomic mass is 10.1. The van der Waals surface area contributed by atoms with Gasteiger partial charge in [-0.1, -0.05) is 17.7 Å². The molecule has 1 fully saturated rings. The highest BCUT2D eigenvalue weighted by molar-refractivity contribution is 6.31. The minimum atomic E-state index is 0.572. The molecule has 1 aliphatic heterocycles. The molecule has 3 nitrogen and oxygen atoms in total. The molecule has 1 aromatic carbocycles. The highest BCUT2D eigenvalue weighted by Gasteiger charge is 2.21. The van der Waals surface area contributed by atoms with Gasteiger partial charge in [0.15, 0.2) is 0 Å². The van der Waals surface area contributed by atoms with Gasteiger partial charge < -0.3 is 10.6 Å². The molecule has 1 unspecified atom stereocenters. The molecule has 0 aliphatic carbocycles. The summed E-state index contributed by atoms with van der Waals surface area (Å²) in [4.78, 5) is 4.84. The zero-order chi connectivity index (χ0) is 12.4. The van der Waals surface area contributed by atoms with E-state index >= 15 is 0 Å². The van der Waals surface area contributed by atoms with Crippen LogP contribution in [0.15, 0.2) is 18.2 Å². The topological polar surface area (TPSA) is 32.5 Å². The van der Waals surface area contributed by atoms with Crippen LogP contribution in [0.25, 0.3) is 0 Å². The van der Waals surface area contributed by atoms with Gasteiger partial charge in [-0.25, -0.2) is 0 Å². The molecule has 0 radical (unpaired) electrons. The molecular weight excluding hydrogens is 234 g/mol. The van der Waals surface area contributed by atoms with Gasteiger partial charge in [0, 0.05) is 42.9 Å². The third kappa shape index (κ3) is 3.12. The summed E-state index contributed by atoms with van der Waals surface area (Å²) in [5.41, 5.74) is 7.59. The van der Waals surface area contributed by atoms with Gasteiger partial charge in [-0.05, 0) is 31.7 Å². The van der Waals surface area contributed by atoms with Gasteiger partial charge in [-0.15, -0.1) is 0 Å². The maximum Gasteiger partial charge on any atom is 0.0471 e. The molecule has 1 aromatic rings. The number of benzene rings is 1. The molecular formula is C13H20ClN3. The second-order valence-corrected chi connectivity index (χ2v) is 5.34. The number of hydrogen-bond donors (Lipinski definition) is 1. The van der Waals surface area contributed by atoms with Gasteiger partial charge in [0.25, 0.3) is 0 Å². The average molecular weight is 254 g/mol. The van der Waals surface area contributed by atoms with Crippen molar-refractivity contribution in [1.29, 1.82) is 0 Å². The predicted molar refractivity (Wildman–Crippen MR) is 73.2 cm³/mol. The SMILES string of the molecule is CC1CN(C)CCN1Cc1ccc(N)cc1Cl. The minimum Gasteiger partial charge on any atom is -0.399 e. The largest absolute Gasteiger partial charge is 0.399 e. The van der Waals surface area contributed by atoms with Crippen molar-refractivity contribution in [1.82, 2.24) is 9.80 Å². The molecule has 2 rings (SSSR count). The van der Waals surface area contributed by atoms with Crippen molar-refractivity contribution >= 4 is 17.3 Å². The Labute approximate surface area is 108 Å². The van der Waals surface area contributed by atoms with E-state index in [4.69, 9.17) is 17.3 Å². The van der Waals surface area contributed by atoms with Crippen LogP contribution < -0.4 is 5.73 Å². The molecule has 0 saturated carbocycles. The Morgan fingerprint density at radius 1 is 1.41 bits per heavy atom. The maximum atomic E-state index is 6.21. The summed E-state index contributed by atoms with van der Waals surface area (Å²) in [6.07, 6.45) is 0. The lowest BCUT2D eigenvalue weighted by Crippen LogP contribution is -2.49. The van der Waals surface area contributed by atoms with E-state index in [2.05, 4.69) is 23.8 Å². The van der Waals surface area contributed by atoms with Gasteiger partial charge in [-0.3, -0.25) is 4.90 Å². The van der Waals surface area contributed by atoms with Crippen LogP contribution in [0.4, 0.5) is 5.69 Å². The molecule has 17 heavy (non-hydrogen) atoms. The molecule has 0 aromatic heterocycles. The normalized spacial score (nSPS) is 22.9. The van der Waals surface area contributed by atoms with Crippen LogP contribution in [0.2, 0.25) is 5.02 Å². The summed E-state index contributed by atoms with van der Waals surface area (Å²) in [5.74, 6) is 0. The standard InChI is InChI=1S/C13H20ClN3/c1-10-8-16(2)5-6-17(10)9-11-3-4-12(15)7-13(11)14/h3-4,7,10H,5-6,8-9,15H2,1-2H3. The minimum absolute atomic E-state index is 0.572. The average Bonchev–Trinajstić information content (AvgIpc) is 2.25. The van der Waals surface area contributed by atoms with E-state index in [1.165, 1.54) is 0 Å². The molecule has 4 heteroatoms. The lowest BCUT2D eigenvalue weighted by Gasteiger charge is -2.38. The summed E-state index contributed by atoms with van der Waals surface area (Å²) in [6.45, 7) is 6.51. The Morgan fingerprint density at radius 3 is 2.82 bits per heavy atom. The maximum absolute atomic E-state index is 6.21. The second kappa shape index (κ2) is 5.25.